The first kappa shape index (κ1) is 13.1. The van der Waals surface area contributed by atoms with Crippen molar-refractivity contribution in [2.24, 2.45) is 0 Å². The van der Waals surface area contributed by atoms with Crippen LogP contribution in [-0.4, -0.2) is 18.2 Å². The maximum absolute atomic E-state index is 12.6. The number of rotatable bonds is 3. The Hall–Kier alpha value is -2.93. The molecule has 0 aromatic heterocycles. The van der Waals surface area contributed by atoms with Crippen molar-refractivity contribution in [3.05, 3.63) is 64.7 Å². The SMILES string of the molecule is N#CCCOc1cccc2c1C(=O)c1ccccc1C2=O. The van der Waals surface area contributed by atoms with E-state index in [1.165, 1.54) is 0 Å². The van der Waals surface area contributed by atoms with Crippen LogP contribution in [0.4, 0.5) is 0 Å². The van der Waals surface area contributed by atoms with Gasteiger partial charge < -0.3 is 4.74 Å². The van der Waals surface area contributed by atoms with Gasteiger partial charge in [0, 0.05) is 16.7 Å². The Bertz CT molecular complexity index is 787. The molecule has 2 aromatic rings. The fourth-order valence-corrected chi connectivity index (χ4v) is 2.44. The molecule has 3 rings (SSSR count). The lowest BCUT2D eigenvalue weighted by molar-refractivity contribution is 0.0975. The third kappa shape index (κ3) is 2.09. The molecule has 0 heterocycles. The second kappa shape index (κ2) is 5.22. The summed E-state index contributed by atoms with van der Waals surface area (Å²) in [6.07, 6.45) is 0.225. The van der Waals surface area contributed by atoms with Crippen LogP contribution in [0.5, 0.6) is 5.75 Å². The highest BCUT2D eigenvalue weighted by Gasteiger charge is 2.31. The molecule has 0 aliphatic heterocycles. The Balaban J connectivity index is 2.10. The van der Waals surface area contributed by atoms with Crippen LogP contribution >= 0.6 is 0 Å². The van der Waals surface area contributed by atoms with E-state index in [0.29, 0.717) is 28.0 Å². The Kier molecular flexibility index (Phi) is 3.25. The van der Waals surface area contributed by atoms with Crippen molar-refractivity contribution >= 4 is 11.6 Å². The molecule has 0 fully saturated rings. The van der Waals surface area contributed by atoms with Gasteiger partial charge in [-0.25, -0.2) is 0 Å². The maximum Gasteiger partial charge on any atom is 0.198 e. The van der Waals surface area contributed by atoms with Gasteiger partial charge in [0.25, 0.3) is 0 Å². The molecule has 4 nitrogen and oxygen atoms in total. The second-order valence-electron chi connectivity index (χ2n) is 4.64. The number of hydrogen-bond donors (Lipinski definition) is 0. The Morgan fingerprint density at radius 3 is 2.29 bits per heavy atom. The Morgan fingerprint density at radius 1 is 0.905 bits per heavy atom. The average Bonchev–Trinajstić information content (AvgIpc) is 2.53. The van der Waals surface area contributed by atoms with Crippen molar-refractivity contribution < 1.29 is 14.3 Å². The van der Waals surface area contributed by atoms with Gasteiger partial charge in [0.1, 0.15) is 12.4 Å². The zero-order valence-corrected chi connectivity index (χ0v) is 11.1. The summed E-state index contributed by atoms with van der Waals surface area (Å²) in [5.74, 6) is -0.0331. The van der Waals surface area contributed by atoms with Crippen LogP contribution in [0.2, 0.25) is 0 Å². The molecular formula is C17H11NO3. The minimum absolute atomic E-state index is 0.175. The van der Waals surface area contributed by atoms with Crippen molar-refractivity contribution in [3.63, 3.8) is 0 Å². The van der Waals surface area contributed by atoms with Crippen LogP contribution in [0.15, 0.2) is 42.5 Å². The van der Waals surface area contributed by atoms with E-state index in [1.54, 1.807) is 42.5 Å². The molecule has 1 aliphatic carbocycles. The number of benzene rings is 2. The molecule has 0 N–H and O–H groups in total. The summed E-state index contributed by atoms with van der Waals surface area (Å²) in [5, 5.41) is 8.56. The monoisotopic (exact) mass is 277 g/mol. The number of nitriles is 1. The Labute approximate surface area is 121 Å². The molecule has 2 aromatic carbocycles. The van der Waals surface area contributed by atoms with Crippen LogP contribution in [0.1, 0.15) is 38.3 Å². The predicted octanol–water partition coefficient (Wildman–Crippen LogP) is 2.75. The highest BCUT2D eigenvalue weighted by atomic mass is 16.5. The third-order valence-electron chi connectivity index (χ3n) is 3.39. The zero-order valence-electron chi connectivity index (χ0n) is 11.1. The first-order valence-corrected chi connectivity index (χ1v) is 6.55. The quantitative estimate of drug-likeness (QED) is 0.690. The zero-order chi connectivity index (χ0) is 14.8. The number of ether oxygens (including phenoxy) is 1. The fourth-order valence-electron chi connectivity index (χ4n) is 2.44. The highest BCUT2D eigenvalue weighted by molar-refractivity contribution is 6.29. The number of carbonyl (C=O) groups is 2. The fraction of sp³-hybridized carbons (Fsp3) is 0.118. The van der Waals surface area contributed by atoms with Crippen LogP contribution in [0.3, 0.4) is 0 Å². The molecule has 0 saturated heterocycles. The summed E-state index contributed by atoms with van der Waals surface area (Å²) in [4.78, 5) is 25.1. The van der Waals surface area contributed by atoms with Crippen LogP contribution in [0.25, 0.3) is 0 Å². The van der Waals surface area contributed by atoms with E-state index < -0.39 is 0 Å². The summed E-state index contributed by atoms with van der Waals surface area (Å²) >= 11 is 0. The lowest BCUT2D eigenvalue weighted by Crippen LogP contribution is -2.21. The molecule has 1 aliphatic rings. The van der Waals surface area contributed by atoms with Gasteiger partial charge in [-0.1, -0.05) is 36.4 Å². The van der Waals surface area contributed by atoms with E-state index >= 15 is 0 Å². The molecule has 102 valence electrons. The van der Waals surface area contributed by atoms with Crippen molar-refractivity contribution in [2.45, 2.75) is 6.42 Å². The summed E-state index contributed by atoms with van der Waals surface area (Å²) < 4.78 is 5.48. The summed E-state index contributed by atoms with van der Waals surface area (Å²) in [7, 11) is 0. The summed E-state index contributed by atoms with van der Waals surface area (Å²) in [6, 6.07) is 13.7. The van der Waals surface area contributed by atoms with Gasteiger partial charge in [-0.15, -0.1) is 0 Å². The molecule has 4 heteroatoms. The summed E-state index contributed by atoms with van der Waals surface area (Å²) in [5.41, 5.74) is 1.46. The number of nitrogens with zero attached hydrogens (tertiary/aromatic N) is 1. The van der Waals surface area contributed by atoms with E-state index in [4.69, 9.17) is 10.00 Å². The van der Waals surface area contributed by atoms with Gasteiger partial charge >= 0.3 is 0 Å². The molecule has 0 saturated carbocycles. The maximum atomic E-state index is 12.6. The minimum atomic E-state index is -0.215. The lowest BCUT2D eigenvalue weighted by Gasteiger charge is -2.19. The van der Waals surface area contributed by atoms with E-state index in [0.717, 1.165) is 0 Å². The molecule has 21 heavy (non-hydrogen) atoms. The average molecular weight is 277 g/mol. The molecule has 0 radical (unpaired) electrons. The molecule has 0 amide bonds. The van der Waals surface area contributed by atoms with Crippen LogP contribution < -0.4 is 4.74 Å². The standard InChI is InChI=1S/C17H11NO3/c18-9-4-10-21-14-8-3-7-13-15(14)17(20)12-6-2-1-5-11(12)16(13)19/h1-3,5-8H,4,10H2. The van der Waals surface area contributed by atoms with E-state index in [1.807, 2.05) is 6.07 Å². The van der Waals surface area contributed by atoms with Gasteiger partial charge in [-0.2, -0.15) is 5.26 Å². The number of carbonyl (C=O) groups excluding carboxylic acids is 2. The third-order valence-corrected chi connectivity index (χ3v) is 3.39. The molecule has 0 bridgehead atoms. The van der Waals surface area contributed by atoms with E-state index in [2.05, 4.69) is 0 Å². The molecular weight excluding hydrogens is 266 g/mol. The van der Waals surface area contributed by atoms with Gasteiger partial charge in [-0.3, -0.25) is 9.59 Å². The van der Waals surface area contributed by atoms with Crippen molar-refractivity contribution in [1.29, 1.82) is 5.26 Å². The molecule has 0 unspecified atom stereocenters. The topological polar surface area (TPSA) is 67.2 Å². The van der Waals surface area contributed by atoms with Crippen LogP contribution in [-0.2, 0) is 0 Å². The van der Waals surface area contributed by atoms with E-state index in [9.17, 15) is 9.59 Å². The van der Waals surface area contributed by atoms with Gasteiger partial charge in [-0.05, 0) is 6.07 Å². The number of ketones is 2. The van der Waals surface area contributed by atoms with Gasteiger partial charge in [0.05, 0.1) is 18.1 Å². The highest BCUT2D eigenvalue weighted by Crippen LogP contribution is 2.33. The normalized spacial score (nSPS) is 12.3. The predicted molar refractivity (Wildman–Crippen MR) is 75.5 cm³/mol. The Morgan fingerprint density at radius 2 is 1.57 bits per heavy atom. The van der Waals surface area contributed by atoms with Gasteiger partial charge in [0.2, 0.25) is 0 Å². The summed E-state index contributed by atoms with van der Waals surface area (Å²) in [6.45, 7) is 0.191. The molecule has 0 spiro atoms. The lowest BCUT2D eigenvalue weighted by atomic mass is 9.83. The second-order valence-corrected chi connectivity index (χ2v) is 4.64. The van der Waals surface area contributed by atoms with Crippen molar-refractivity contribution in [3.8, 4) is 11.8 Å². The van der Waals surface area contributed by atoms with Crippen molar-refractivity contribution in [2.75, 3.05) is 6.61 Å². The van der Waals surface area contributed by atoms with E-state index in [-0.39, 0.29) is 24.6 Å². The minimum Gasteiger partial charge on any atom is -0.492 e. The number of fused-ring (bicyclic) bond motifs is 2. The largest absolute Gasteiger partial charge is 0.492 e. The first-order chi connectivity index (χ1) is 10.2. The first-order valence-electron chi connectivity index (χ1n) is 6.55. The molecule has 0 atom stereocenters. The van der Waals surface area contributed by atoms with Crippen LogP contribution in [0, 0.1) is 11.3 Å². The number of hydrogen-bond acceptors (Lipinski definition) is 4. The van der Waals surface area contributed by atoms with Crippen molar-refractivity contribution in [1.82, 2.24) is 0 Å². The van der Waals surface area contributed by atoms with Gasteiger partial charge in [0.15, 0.2) is 11.6 Å². The smallest absolute Gasteiger partial charge is 0.198 e.